The minimum absolute atomic E-state index is 0.00472. The predicted octanol–water partition coefficient (Wildman–Crippen LogP) is 3.62. The van der Waals surface area contributed by atoms with Crippen LogP contribution < -0.4 is 0 Å². The molecule has 1 saturated heterocycles. The van der Waals surface area contributed by atoms with E-state index in [1.165, 1.54) is 13.8 Å². The third-order valence-electron chi connectivity index (χ3n) is 10.2. The highest BCUT2D eigenvalue weighted by Gasteiger charge is 2.41. The third-order valence-corrected chi connectivity index (χ3v) is 10.2. The molecule has 0 bridgehead atoms. The van der Waals surface area contributed by atoms with Crippen LogP contribution in [0.4, 0.5) is 0 Å². The fraction of sp³-hybridized carbons (Fsp3) is 0.275. The molecule has 3 atom stereocenters. The number of carbonyl (C=O) groups is 5. The van der Waals surface area contributed by atoms with Crippen molar-refractivity contribution in [2.45, 2.75) is 57.2 Å². The molecule has 3 aliphatic rings. The van der Waals surface area contributed by atoms with Gasteiger partial charge in [0.2, 0.25) is 11.6 Å². The first-order valence-electron chi connectivity index (χ1n) is 17.2. The van der Waals surface area contributed by atoms with Crippen molar-refractivity contribution in [3.05, 3.63) is 92.0 Å². The van der Waals surface area contributed by atoms with E-state index in [0.717, 1.165) is 36.4 Å². The average Bonchev–Trinajstić information content (AvgIpc) is 3.10. The fourth-order valence-electron chi connectivity index (χ4n) is 7.37. The van der Waals surface area contributed by atoms with Crippen molar-refractivity contribution in [3.63, 3.8) is 0 Å². The van der Waals surface area contributed by atoms with Gasteiger partial charge in [0.15, 0.2) is 17.4 Å². The third kappa shape index (κ3) is 6.63. The zero-order valence-corrected chi connectivity index (χ0v) is 29.8. The largest absolute Gasteiger partial charge is 0.508 e. The number of hydrogen-bond acceptors (Lipinski definition) is 16. The van der Waals surface area contributed by atoms with E-state index < -0.39 is 93.2 Å². The maximum absolute atomic E-state index is 12.9. The zero-order chi connectivity index (χ0) is 41.1. The highest BCUT2D eigenvalue weighted by atomic mass is 16.6. The molecule has 2 aliphatic carbocycles. The molecular formula is C40H36O16. The molecule has 4 aromatic rings. The van der Waals surface area contributed by atoms with Gasteiger partial charge in [0.25, 0.3) is 0 Å². The Morgan fingerprint density at radius 2 is 1.18 bits per heavy atom. The van der Waals surface area contributed by atoms with Crippen LogP contribution in [0.2, 0.25) is 0 Å². The first-order chi connectivity index (χ1) is 26.3. The minimum Gasteiger partial charge on any atom is -0.508 e. The number of aliphatic hydroxyl groups is 2. The fourth-order valence-corrected chi connectivity index (χ4v) is 7.37. The number of Topliss-reactive ketones (excluding diaryl/α,β-unsaturated/α-hetero) is 1. The van der Waals surface area contributed by atoms with Crippen LogP contribution in [0.25, 0.3) is 0 Å². The number of phenols is 8. The lowest BCUT2D eigenvalue weighted by atomic mass is 9.79. The van der Waals surface area contributed by atoms with Gasteiger partial charge >= 0.3 is 0 Å². The van der Waals surface area contributed by atoms with E-state index in [0.29, 0.717) is 6.42 Å². The van der Waals surface area contributed by atoms with Crippen LogP contribution in [-0.4, -0.2) is 99.0 Å². The molecule has 0 spiro atoms. The van der Waals surface area contributed by atoms with Crippen LogP contribution in [0.3, 0.4) is 0 Å². The summed E-state index contributed by atoms with van der Waals surface area (Å²) >= 11 is 0. The smallest absolute Gasteiger partial charge is 0.201 e. The van der Waals surface area contributed by atoms with Crippen molar-refractivity contribution in [2.24, 2.45) is 0 Å². The lowest BCUT2D eigenvalue weighted by Crippen LogP contribution is -2.35. The molecule has 10 N–H and O–H groups in total. The van der Waals surface area contributed by atoms with E-state index in [1.54, 1.807) is 0 Å². The van der Waals surface area contributed by atoms with Crippen LogP contribution >= 0.6 is 0 Å². The summed E-state index contributed by atoms with van der Waals surface area (Å²) in [7, 11) is 0. The number of rotatable bonds is 6. The molecule has 0 aromatic heterocycles. The summed E-state index contributed by atoms with van der Waals surface area (Å²) in [6.07, 6.45) is 0.828. The summed E-state index contributed by atoms with van der Waals surface area (Å²) in [5.41, 5.74) is -2.47. The van der Waals surface area contributed by atoms with Crippen LogP contribution in [0.5, 0.6) is 46.0 Å². The minimum atomic E-state index is -1.31. The van der Waals surface area contributed by atoms with Crippen molar-refractivity contribution in [3.8, 4) is 46.0 Å². The number of carbonyl (C=O) groups excluding carboxylic acids is 5. The highest BCUT2D eigenvalue weighted by molar-refractivity contribution is 6.31. The van der Waals surface area contributed by atoms with Gasteiger partial charge in [-0.3, -0.25) is 19.2 Å². The SMILES string of the molecule is CC(=O)CCC(CO)c1c(O)cc2c(c1O)C(=O)c1c(O)cc(O)cc1C2=O.CC1(O)CCC(c2c(O)cc3c(c2O)C(=O)c2c(O)cc(O)cc2C3=O)CO1. The molecule has 1 aliphatic heterocycles. The quantitative estimate of drug-likeness (QED) is 0.116. The summed E-state index contributed by atoms with van der Waals surface area (Å²) in [6.45, 7) is 2.36. The van der Waals surface area contributed by atoms with Gasteiger partial charge in [-0.1, -0.05) is 0 Å². The number of benzene rings is 4. The number of fused-ring (bicyclic) bond motifs is 4. The summed E-state index contributed by atoms with van der Waals surface area (Å²) < 4.78 is 5.34. The van der Waals surface area contributed by atoms with Gasteiger partial charge in [-0.15, -0.1) is 0 Å². The molecule has 1 heterocycles. The van der Waals surface area contributed by atoms with E-state index in [-0.39, 0.29) is 87.5 Å². The highest BCUT2D eigenvalue weighted by Crippen LogP contribution is 2.48. The molecule has 3 unspecified atom stereocenters. The van der Waals surface area contributed by atoms with E-state index in [4.69, 9.17) is 4.74 Å². The molecule has 16 nitrogen and oxygen atoms in total. The topological polar surface area (TPSA) is 297 Å². The first-order valence-corrected chi connectivity index (χ1v) is 17.2. The Kier molecular flexibility index (Phi) is 10.0. The normalized spacial score (nSPS) is 18.9. The number of hydrogen-bond donors (Lipinski definition) is 10. The summed E-state index contributed by atoms with van der Waals surface area (Å²) in [4.78, 5) is 62.6. The average molecular weight is 773 g/mol. The summed E-state index contributed by atoms with van der Waals surface area (Å²) in [5.74, 6) is -10.1. The Morgan fingerprint density at radius 3 is 1.64 bits per heavy atom. The monoisotopic (exact) mass is 772 g/mol. The molecule has 16 heteroatoms. The first kappa shape index (κ1) is 39.2. The van der Waals surface area contributed by atoms with E-state index in [2.05, 4.69) is 0 Å². The lowest BCUT2D eigenvalue weighted by Gasteiger charge is -2.34. The molecule has 0 radical (unpaired) electrons. The summed E-state index contributed by atoms with van der Waals surface area (Å²) in [5, 5.41) is 101. The van der Waals surface area contributed by atoms with Gasteiger partial charge in [0, 0.05) is 70.2 Å². The number of aromatic hydroxyl groups is 8. The number of ether oxygens (including phenoxy) is 1. The van der Waals surface area contributed by atoms with Gasteiger partial charge in [-0.05, 0) is 51.0 Å². The van der Waals surface area contributed by atoms with Crippen LogP contribution in [0, 0.1) is 0 Å². The van der Waals surface area contributed by atoms with Crippen LogP contribution in [0.15, 0.2) is 36.4 Å². The number of aliphatic hydroxyl groups excluding tert-OH is 1. The maximum atomic E-state index is 12.9. The molecule has 292 valence electrons. The second-order valence-corrected chi connectivity index (χ2v) is 14.1. The second kappa shape index (κ2) is 14.3. The van der Waals surface area contributed by atoms with Gasteiger partial charge in [-0.2, -0.15) is 0 Å². The molecule has 0 amide bonds. The molecular weight excluding hydrogens is 736 g/mol. The second-order valence-electron chi connectivity index (χ2n) is 14.1. The van der Waals surface area contributed by atoms with Crippen molar-refractivity contribution in [1.29, 1.82) is 0 Å². The van der Waals surface area contributed by atoms with E-state index in [1.807, 2.05) is 0 Å². The molecule has 7 rings (SSSR count). The van der Waals surface area contributed by atoms with E-state index in [9.17, 15) is 75.0 Å². The Bertz CT molecular complexity index is 2380. The van der Waals surface area contributed by atoms with Crippen molar-refractivity contribution in [1.82, 2.24) is 0 Å². The van der Waals surface area contributed by atoms with Crippen molar-refractivity contribution in [2.75, 3.05) is 13.2 Å². The molecule has 1 fully saturated rings. The lowest BCUT2D eigenvalue weighted by molar-refractivity contribution is -0.216. The van der Waals surface area contributed by atoms with Gasteiger partial charge < -0.3 is 60.6 Å². The van der Waals surface area contributed by atoms with Gasteiger partial charge in [0.1, 0.15) is 51.8 Å². The van der Waals surface area contributed by atoms with Crippen molar-refractivity contribution < 1.29 is 79.8 Å². The molecule has 0 saturated carbocycles. The zero-order valence-electron chi connectivity index (χ0n) is 29.8. The molecule has 56 heavy (non-hydrogen) atoms. The predicted molar refractivity (Wildman–Crippen MR) is 191 cm³/mol. The van der Waals surface area contributed by atoms with Crippen LogP contribution in [-0.2, 0) is 9.53 Å². The number of ketones is 5. The Hall–Kier alpha value is -6.49. The summed E-state index contributed by atoms with van der Waals surface area (Å²) in [6, 6.07) is 6.01. The Morgan fingerprint density at radius 1 is 0.696 bits per heavy atom. The van der Waals surface area contributed by atoms with Gasteiger partial charge in [-0.25, -0.2) is 0 Å². The van der Waals surface area contributed by atoms with E-state index >= 15 is 0 Å². The standard InChI is InChI=1S/2C20H18O8/c1-20(27)3-2-8(7-28-20)14-13(23)6-11-16(18(14)25)19(26)15-10(17(11)24)4-9(21)5-12(15)22;1-8(22)2-3-9(7-21)15-14(25)6-12-17(19(15)27)20(28)16-11(18(12)26)4-10(23)5-13(16)24/h4-6,8,21-23,25,27H,2-3,7H2,1H3;4-6,9,21,23-25,27H,2-3,7H2,1H3. The maximum Gasteiger partial charge on any atom is 0.201 e. The number of phenolic OH excluding ortho intramolecular Hbond substituents is 8. The van der Waals surface area contributed by atoms with Gasteiger partial charge in [0.05, 0.1) is 35.5 Å². The van der Waals surface area contributed by atoms with Crippen LogP contribution in [0.1, 0.15) is 126 Å². The molecule has 4 aromatic carbocycles. The van der Waals surface area contributed by atoms with Crippen molar-refractivity contribution >= 4 is 28.9 Å². The Labute approximate surface area is 316 Å². The Balaban J connectivity index is 0.000000190.